The van der Waals surface area contributed by atoms with Crippen LogP contribution in [0, 0.1) is 12.0 Å². The molecule has 5 nitrogen and oxygen atoms in total. The zero-order valence-electron chi connectivity index (χ0n) is 7.11. The van der Waals surface area contributed by atoms with E-state index in [1.165, 1.54) is 6.92 Å². The zero-order valence-corrected chi connectivity index (χ0v) is 7.93. The smallest absolute Gasteiger partial charge is 0.316 e. The van der Waals surface area contributed by atoms with Crippen LogP contribution in [-0.4, -0.2) is 24.7 Å². The Balaban J connectivity index is 3.55. The number of rotatable bonds is 3. The van der Waals surface area contributed by atoms with Crippen molar-refractivity contribution >= 4 is 16.1 Å². The standard InChI is InChI=1S/C7H10O5S/c1-7(8)12-5-3-2-4-6-13(9,10)11/h2,4,6H2,1H3,(H,9,10,11). The minimum Gasteiger partial charge on any atom is -0.372 e. The van der Waals surface area contributed by atoms with Crippen LogP contribution in [0.15, 0.2) is 0 Å². The number of hydrogen-bond donors (Lipinski definition) is 1. The van der Waals surface area contributed by atoms with Crippen LogP contribution in [0.1, 0.15) is 19.8 Å². The van der Waals surface area contributed by atoms with E-state index in [0.29, 0.717) is 0 Å². The van der Waals surface area contributed by atoms with Gasteiger partial charge in [-0.25, -0.2) is 0 Å². The SMILES string of the molecule is CC(=O)OC#CCCCS(=O)(=O)O. The molecule has 0 bridgehead atoms. The maximum absolute atomic E-state index is 10.2. The Morgan fingerprint density at radius 1 is 1.54 bits per heavy atom. The van der Waals surface area contributed by atoms with Gasteiger partial charge in [0.15, 0.2) is 0 Å². The Morgan fingerprint density at radius 2 is 2.15 bits per heavy atom. The highest BCUT2D eigenvalue weighted by Crippen LogP contribution is 1.91. The fourth-order valence-corrected chi connectivity index (χ4v) is 1.01. The van der Waals surface area contributed by atoms with Crippen LogP contribution < -0.4 is 0 Å². The number of esters is 1. The quantitative estimate of drug-likeness (QED) is 0.308. The van der Waals surface area contributed by atoms with Crippen molar-refractivity contribution in [3.05, 3.63) is 0 Å². The van der Waals surface area contributed by atoms with Crippen LogP contribution in [0.3, 0.4) is 0 Å². The zero-order chi connectivity index (χ0) is 10.3. The fourth-order valence-electron chi connectivity index (χ4n) is 0.502. The third-order valence-electron chi connectivity index (χ3n) is 0.971. The molecule has 0 unspecified atom stereocenters. The van der Waals surface area contributed by atoms with Gasteiger partial charge in [0.1, 0.15) is 6.11 Å². The van der Waals surface area contributed by atoms with E-state index in [-0.39, 0.29) is 18.6 Å². The fraction of sp³-hybridized carbons (Fsp3) is 0.571. The number of hydrogen-bond acceptors (Lipinski definition) is 4. The maximum atomic E-state index is 10.2. The molecule has 0 aliphatic carbocycles. The van der Waals surface area contributed by atoms with Crippen molar-refractivity contribution in [2.45, 2.75) is 19.8 Å². The van der Waals surface area contributed by atoms with Crippen LogP contribution in [0.5, 0.6) is 0 Å². The molecule has 0 aliphatic heterocycles. The third kappa shape index (κ3) is 10.9. The summed E-state index contributed by atoms with van der Waals surface area (Å²) in [6, 6.07) is 0. The molecular weight excluding hydrogens is 196 g/mol. The van der Waals surface area contributed by atoms with Gasteiger partial charge >= 0.3 is 5.97 Å². The number of carbonyl (C=O) groups is 1. The summed E-state index contributed by atoms with van der Waals surface area (Å²) in [6.45, 7) is 1.22. The summed E-state index contributed by atoms with van der Waals surface area (Å²) in [6.07, 6.45) is 2.57. The van der Waals surface area contributed by atoms with E-state index >= 15 is 0 Å². The predicted molar refractivity (Wildman–Crippen MR) is 45.2 cm³/mol. The lowest BCUT2D eigenvalue weighted by Gasteiger charge is -1.90. The molecule has 0 aliphatic rings. The van der Waals surface area contributed by atoms with Crippen molar-refractivity contribution in [1.82, 2.24) is 0 Å². The lowest BCUT2D eigenvalue weighted by molar-refractivity contribution is -0.134. The molecule has 0 aromatic heterocycles. The van der Waals surface area contributed by atoms with Gasteiger partial charge in [0.25, 0.3) is 10.1 Å². The minimum atomic E-state index is -3.90. The van der Waals surface area contributed by atoms with Crippen molar-refractivity contribution in [1.29, 1.82) is 0 Å². The first kappa shape index (κ1) is 11.9. The average molecular weight is 206 g/mol. The summed E-state index contributed by atoms with van der Waals surface area (Å²) >= 11 is 0. The van der Waals surface area contributed by atoms with E-state index in [0.717, 1.165) is 0 Å². The molecule has 74 valence electrons. The Bertz CT molecular complexity index is 319. The first-order valence-electron chi connectivity index (χ1n) is 3.52. The highest BCUT2D eigenvalue weighted by molar-refractivity contribution is 7.85. The van der Waals surface area contributed by atoms with Gasteiger partial charge in [-0.05, 0) is 6.42 Å². The van der Waals surface area contributed by atoms with Gasteiger partial charge in [-0.1, -0.05) is 5.92 Å². The Hall–Kier alpha value is -1.06. The highest BCUT2D eigenvalue weighted by atomic mass is 32.2. The van der Waals surface area contributed by atoms with Crippen molar-refractivity contribution in [2.75, 3.05) is 5.75 Å². The van der Waals surface area contributed by atoms with Crippen molar-refractivity contribution in [3.63, 3.8) is 0 Å². The molecule has 0 saturated carbocycles. The largest absolute Gasteiger partial charge is 0.372 e. The van der Waals surface area contributed by atoms with Gasteiger partial charge in [-0.2, -0.15) is 8.42 Å². The first-order valence-corrected chi connectivity index (χ1v) is 5.13. The summed E-state index contributed by atoms with van der Waals surface area (Å²) in [4.78, 5) is 10.2. The topological polar surface area (TPSA) is 80.7 Å². The lowest BCUT2D eigenvalue weighted by atomic mass is 10.4. The second-order valence-corrected chi connectivity index (χ2v) is 3.83. The van der Waals surface area contributed by atoms with Gasteiger partial charge in [-0.3, -0.25) is 9.35 Å². The highest BCUT2D eigenvalue weighted by Gasteiger charge is 2.01. The molecular formula is C7H10O5S. The Labute approximate surface area is 76.8 Å². The van der Waals surface area contributed by atoms with Crippen LogP contribution in [0.25, 0.3) is 0 Å². The van der Waals surface area contributed by atoms with Gasteiger partial charge in [0, 0.05) is 13.3 Å². The van der Waals surface area contributed by atoms with Crippen molar-refractivity contribution < 1.29 is 22.5 Å². The molecule has 0 radical (unpaired) electrons. The summed E-state index contributed by atoms with van der Waals surface area (Å²) in [5.74, 6) is 1.58. The maximum Gasteiger partial charge on any atom is 0.316 e. The molecule has 13 heavy (non-hydrogen) atoms. The Morgan fingerprint density at radius 3 is 2.62 bits per heavy atom. The number of unbranched alkanes of at least 4 members (excludes halogenated alkanes) is 1. The van der Waals surface area contributed by atoms with Crippen LogP contribution >= 0.6 is 0 Å². The molecule has 6 heteroatoms. The lowest BCUT2D eigenvalue weighted by Crippen LogP contribution is -2.02. The van der Waals surface area contributed by atoms with E-state index in [4.69, 9.17) is 4.55 Å². The molecule has 0 rings (SSSR count). The molecule has 0 spiro atoms. The van der Waals surface area contributed by atoms with Crippen molar-refractivity contribution in [3.8, 4) is 12.0 Å². The van der Waals surface area contributed by atoms with E-state index in [1.807, 2.05) is 0 Å². The molecule has 1 N–H and O–H groups in total. The van der Waals surface area contributed by atoms with E-state index in [2.05, 4.69) is 16.8 Å². The van der Waals surface area contributed by atoms with E-state index < -0.39 is 16.1 Å². The van der Waals surface area contributed by atoms with Gasteiger partial charge in [0.05, 0.1) is 5.75 Å². The second kappa shape index (κ2) is 5.56. The summed E-state index contributed by atoms with van der Waals surface area (Å²) in [5.41, 5.74) is 0. The summed E-state index contributed by atoms with van der Waals surface area (Å²) in [5, 5.41) is 0. The predicted octanol–water partition coefficient (Wildman–Crippen LogP) is 0.178. The van der Waals surface area contributed by atoms with Crippen LogP contribution in [0.4, 0.5) is 0 Å². The van der Waals surface area contributed by atoms with Gasteiger partial charge < -0.3 is 4.74 Å². The first-order chi connectivity index (χ1) is 5.92. The summed E-state index contributed by atoms with van der Waals surface area (Å²) < 4.78 is 33.0. The van der Waals surface area contributed by atoms with E-state index in [9.17, 15) is 13.2 Å². The minimum absolute atomic E-state index is 0.215. The van der Waals surface area contributed by atoms with Crippen LogP contribution in [-0.2, 0) is 19.6 Å². The molecule has 0 saturated heterocycles. The van der Waals surface area contributed by atoms with Crippen molar-refractivity contribution in [2.24, 2.45) is 0 Å². The van der Waals surface area contributed by atoms with E-state index in [1.54, 1.807) is 0 Å². The number of ether oxygens (including phenoxy) is 1. The van der Waals surface area contributed by atoms with Gasteiger partial charge in [-0.15, -0.1) is 0 Å². The second-order valence-electron chi connectivity index (χ2n) is 2.26. The summed E-state index contributed by atoms with van der Waals surface area (Å²) in [7, 11) is -3.90. The van der Waals surface area contributed by atoms with Gasteiger partial charge in [0.2, 0.25) is 0 Å². The molecule has 0 aromatic rings. The normalized spacial score (nSPS) is 10.0. The third-order valence-corrected chi connectivity index (χ3v) is 1.78. The molecule has 0 fully saturated rings. The average Bonchev–Trinajstić information content (AvgIpc) is 1.93. The monoisotopic (exact) mass is 206 g/mol. The Kier molecular flexibility index (Phi) is 5.11. The molecule has 0 amide bonds. The number of carbonyl (C=O) groups excluding carboxylic acids is 1. The molecule has 0 aromatic carbocycles. The van der Waals surface area contributed by atoms with Crippen LogP contribution in [0.2, 0.25) is 0 Å². The molecule has 0 atom stereocenters. The molecule has 0 heterocycles.